The fourth-order valence-electron chi connectivity index (χ4n) is 3.09. The number of aromatic amines is 1. The van der Waals surface area contributed by atoms with Gasteiger partial charge in [-0.25, -0.2) is 0 Å². The SMILES string of the molecule is CC(C)Oc1ccc(C(=O)N2CCCN(C(=O)c3ccc[nH]3)CC2)cc1. The van der Waals surface area contributed by atoms with Gasteiger partial charge in [-0.3, -0.25) is 9.59 Å². The third-order valence-corrected chi connectivity index (χ3v) is 4.37. The highest BCUT2D eigenvalue weighted by Crippen LogP contribution is 2.16. The average molecular weight is 355 g/mol. The third kappa shape index (κ3) is 4.25. The number of hydrogen-bond acceptors (Lipinski definition) is 3. The molecule has 0 unspecified atom stereocenters. The molecule has 2 aromatic rings. The minimum absolute atomic E-state index is 0.00438. The fraction of sp³-hybridized carbons (Fsp3) is 0.400. The van der Waals surface area contributed by atoms with Gasteiger partial charge in [0.1, 0.15) is 11.4 Å². The van der Waals surface area contributed by atoms with E-state index in [1.807, 2.05) is 36.9 Å². The summed E-state index contributed by atoms with van der Waals surface area (Å²) in [4.78, 5) is 31.8. The van der Waals surface area contributed by atoms with Crippen LogP contribution in [-0.2, 0) is 0 Å². The molecule has 6 heteroatoms. The summed E-state index contributed by atoms with van der Waals surface area (Å²) in [5.41, 5.74) is 1.23. The molecule has 1 aliphatic rings. The lowest BCUT2D eigenvalue weighted by Gasteiger charge is -2.22. The Morgan fingerprint density at radius 2 is 1.62 bits per heavy atom. The zero-order chi connectivity index (χ0) is 18.5. The third-order valence-electron chi connectivity index (χ3n) is 4.37. The molecule has 0 atom stereocenters. The lowest BCUT2D eigenvalue weighted by atomic mass is 10.2. The highest BCUT2D eigenvalue weighted by atomic mass is 16.5. The van der Waals surface area contributed by atoms with Gasteiger partial charge in [0.2, 0.25) is 0 Å². The summed E-state index contributed by atoms with van der Waals surface area (Å²) in [5, 5.41) is 0. The molecule has 1 aromatic carbocycles. The molecular formula is C20H25N3O3. The molecule has 26 heavy (non-hydrogen) atoms. The average Bonchev–Trinajstić information content (AvgIpc) is 3.05. The number of carbonyl (C=O) groups is 2. The molecule has 6 nitrogen and oxygen atoms in total. The van der Waals surface area contributed by atoms with E-state index in [1.54, 1.807) is 29.3 Å². The summed E-state index contributed by atoms with van der Waals surface area (Å²) < 4.78 is 5.62. The first-order valence-electron chi connectivity index (χ1n) is 9.03. The van der Waals surface area contributed by atoms with E-state index in [1.165, 1.54) is 0 Å². The first kappa shape index (κ1) is 18.0. The van der Waals surface area contributed by atoms with Crippen LogP contribution in [0.1, 0.15) is 41.1 Å². The van der Waals surface area contributed by atoms with Crippen molar-refractivity contribution in [3.05, 3.63) is 53.9 Å². The van der Waals surface area contributed by atoms with Crippen molar-refractivity contribution in [2.75, 3.05) is 26.2 Å². The normalized spacial score (nSPS) is 15.0. The van der Waals surface area contributed by atoms with Gasteiger partial charge in [0.05, 0.1) is 6.10 Å². The molecule has 0 saturated carbocycles. The standard InChI is InChI=1S/C20H25N3O3/c1-15(2)26-17-8-6-16(7-9-17)19(24)22-11-4-12-23(14-13-22)20(25)18-5-3-10-21-18/h3,5-10,15,21H,4,11-14H2,1-2H3. The molecule has 1 aromatic heterocycles. The predicted octanol–water partition coefficient (Wildman–Crippen LogP) is 2.79. The van der Waals surface area contributed by atoms with E-state index < -0.39 is 0 Å². The van der Waals surface area contributed by atoms with Crippen LogP contribution in [0.3, 0.4) is 0 Å². The van der Waals surface area contributed by atoms with E-state index in [0.717, 1.165) is 12.2 Å². The van der Waals surface area contributed by atoms with Gasteiger partial charge in [-0.15, -0.1) is 0 Å². The van der Waals surface area contributed by atoms with Gasteiger partial charge >= 0.3 is 0 Å². The van der Waals surface area contributed by atoms with Crippen molar-refractivity contribution in [1.29, 1.82) is 0 Å². The van der Waals surface area contributed by atoms with Gasteiger partial charge in [-0.05, 0) is 56.7 Å². The number of amides is 2. The van der Waals surface area contributed by atoms with Crippen LogP contribution < -0.4 is 4.74 Å². The second kappa shape index (κ2) is 8.08. The van der Waals surface area contributed by atoms with Crippen LogP contribution in [0.4, 0.5) is 0 Å². The Morgan fingerprint density at radius 3 is 2.19 bits per heavy atom. The van der Waals surface area contributed by atoms with Gasteiger partial charge in [0.15, 0.2) is 0 Å². The Balaban J connectivity index is 1.61. The molecule has 0 bridgehead atoms. The highest BCUT2D eigenvalue weighted by molar-refractivity contribution is 5.95. The number of benzene rings is 1. The largest absolute Gasteiger partial charge is 0.491 e. The second-order valence-electron chi connectivity index (χ2n) is 6.71. The summed E-state index contributed by atoms with van der Waals surface area (Å²) in [6.45, 7) is 6.32. The van der Waals surface area contributed by atoms with Gasteiger partial charge < -0.3 is 19.5 Å². The van der Waals surface area contributed by atoms with Crippen molar-refractivity contribution >= 4 is 11.8 Å². The number of nitrogens with zero attached hydrogens (tertiary/aromatic N) is 2. The van der Waals surface area contributed by atoms with E-state index in [-0.39, 0.29) is 17.9 Å². The summed E-state index contributed by atoms with van der Waals surface area (Å²) in [7, 11) is 0. The van der Waals surface area contributed by atoms with Crippen LogP contribution in [0.15, 0.2) is 42.6 Å². The Morgan fingerprint density at radius 1 is 0.962 bits per heavy atom. The minimum Gasteiger partial charge on any atom is -0.491 e. The summed E-state index contributed by atoms with van der Waals surface area (Å²) in [6, 6.07) is 10.8. The lowest BCUT2D eigenvalue weighted by molar-refractivity contribution is 0.0716. The van der Waals surface area contributed by atoms with E-state index >= 15 is 0 Å². The molecule has 1 saturated heterocycles. The molecular weight excluding hydrogens is 330 g/mol. The van der Waals surface area contributed by atoms with Crippen molar-refractivity contribution < 1.29 is 14.3 Å². The molecule has 0 radical (unpaired) electrons. The summed E-state index contributed by atoms with van der Waals surface area (Å²) in [5.74, 6) is 0.741. The van der Waals surface area contributed by atoms with Crippen LogP contribution in [0.2, 0.25) is 0 Å². The minimum atomic E-state index is -0.0144. The first-order chi connectivity index (χ1) is 12.5. The van der Waals surface area contributed by atoms with E-state index in [0.29, 0.717) is 37.4 Å². The molecule has 0 aliphatic carbocycles. The fourth-order valence-corrected chi connectivity index (χ4v) is 3.09. The van der Waals surface area contributed by atoms with E-state index in [4.69, 9.17) is 4.74 Å². The number of ether oxygens (including phenoxy) is 1. The van der Waals surface area contributed by atoms with E-state index in [2.05, 4.69) is 4.98 Å². The number of rotatable bonds is 4. The molecule has 1 fully saturated rings. The zero-order valence-electron chi connectivity index (χ0n) is 15.3. The Hall–Kier alpha value is -2.76. The maximum Gasteiger partial charge on any atom is 0.270 e. The number of carbonyl (C=O) groups excluding carboxylic acids is 2. The van der Waals surface area contributed by atoms with Crippen LogP contribution in [-0.4, -0.2) is 58.9 Å². The topological polar surface area (TPSA) is 65.6 Å². The van der Waals surface area contributed by atoms with Crippen molar-refractivity contribution in [2.24, 2.45) is 0 Å². The molecule has 2 heterocycles. The number of hydrogen-bond donors (Lipinski definition) is 1. The van der Waals surface area contributed by atoms with Gasteiger partial charge in [-0.2, -0.15) is 0 Å². The zero-order valence-corrected chi connectivity index (χ0v) is 15.3. The molecule has 0 spiro atoms. The van der Waals surface area contributed by atoms with Crippen molar-refractivity contribution in [1.82, 2.24) is 14.8 Å². The second-order valence-corrected chi connectivity index (χ2v) is 6.71. The van der Waals surface area contributed by atoms with Crippen LogP contribution in [0.25, 0.3) is 0 Å². The summed E-state index contributed by atoms with van der Waals surface area (Å²) >= 11 is 0. The lowest BCUT2D eigenvalue weighted by Crippen LogP contribution is -2.37. The first-order valence-corrected chi connectivity index (χ1v) is 9.03. The van der Waals surface area contributed by atoms with Crippen molar-refractivity contribution in [2.45, 2.75) is 26.4 Å². The van der Waals surface area contributed by atoms with Gasteiger partial charge in [-0.1, -0.05) is 0 Å². The molecule has 1 aliphatic heterocycles. The highest BCUT2D eigenvalue weighted by Gasteiger charge is 2.23. The smallest absolute Gasteiger partial charge is 0.270 e. The Bertz CT molecular complexity index is 738. The van der Waals surface area contributed by atoms with Gasteiger partial charge in [0.25, 0.3) is 11.8 Å². The van der Waals surface area contributed by atoms with Gasteiger partial charge in [0, 0.05) is 37.9 Å². The van der Waals surface area contributed by atoms with Crippen molar-refractivity contribution in [3.63, 3.8) is 0 Å². The Labute approximate surface area is 153 Å². The number of nitrogens with one attached hydrogen (secondary N) is 1. The van der Waals surface area contributed by atoms with Crippen LogP contribution in [0.5, 0.6) is 5.75 Å². The monoisotopic (exact) mass is 355 g/mol. The summed E-state index contributed by atoms with van der Waals surface area (Å²) in [6.07, 6.45) is 2.62. The maximum absolute atomic E-state index is 12.8. The number of aromatic nitrogens is 1. The van der Waals surface area contributed by atoms with Crippen LogP contribution >= 0.6 is 0 Å². The predicted molar refractivity (Wildman–Crippen MR) is 99.4 cm³/mol. The maximum atomic E-state index is 12.8. The van der Waals surface area contributed by atoms with E-state index in [9.17, 15) is 9.59 Å². The molecule has 2 amide bonds. The molecule has 3 rings (SSSR count). The Kier molecular flexibility index (Phi) is 5.61. The molecule has 138 valence electrons. The molecule has 1 N–H and O–H groups in total. The van der Waals surface area contributed by atoms with Crippen molar-refractivity contribution in [3.8, 4) is 5.75 Å². The van der Waals surface area contributed by atoms with Crippen LogP contribution in [0, 0.1) is 0 Å². The quantitative estimate of drug-likeness (QED) is 0.917. The number of H-pyrrole nitrogens is 1.